The first kappa shape index (κ1) is 24.3. The largest absolute Gasteiger partial charge is 0.491 e. The third-order valence-electron chi connectivity index (χ3n) is 5.92. The van der Waals surface area contributed by atoms with Gasteiger partial charge in [-0.3, -0.25) is 9.69 Å². The van der Waals surface area contributed by atoms with Crippen LogP contribution in [0.1, 0.15) is 40.9 Å². The van der Waals surface area contributed by atoms with Crippen molar-refractivity contribution in [3.8, 4) is 5.75 Å². The maximum absolute atomic E-state index is 12.9. The summed E-state index contributed by atoms with van der Waals surface area (Å²) in [5.74, 6) is 0.586. The third-order valence-corrected chi connectivity index (χ3v) is 6.15. The molecule has 1 aliphatic rings. The van der Waals surface area contributed by atoms with Crippen LogP contribution in [0.15, 0.2) is 66.7 Å². The van der Waals surface area contributed by atoms with Crippen LogP contribution in [0.5, 0.6) is 5.75 Å². The van der Waals surface area contributed by atoms with Crippen molar-refractivity contribution < 1.29 is 14.3 Å². The monoisotopic (exact) mass is 478 g/mol. The molecule has 34 heavy (non-hydrogen) atoms. The predicted octanol–water partition coefficient (Wildman–Crippen LogP) is 5.80. The first-order valence-corrected chi connectivity index (χ1v) is 12.1. The molecule has 0 spiro atoms. The highest BCUT2D eigenvalue weighted by atomic mass is 35.5. The maximum atomic E-state index is 12.9. The summed E-state index contributed by atoms with van der Waals surface area (Å²) in [5.41, 5.74) is 4.65. The molecular formula is C28H31ClN2O3. The lowest BCUT2D eigenvalue weighted by Crippen LogP contribution is -2.33. The second-order valence-corrected chi connectivity index (χ2v) is 9.25. The van der Waals surface area contributed by atoms with E-state index >= 15 is 0 Å². The summed E-state index contributed by atoms with van der Waals surface area (Å²) in [5, 5.41) is 3.50. The summed E-state index contributed by atoms with van der Waals surface area (Å²) in [6.45, 7) is 7.82. The minimum Gasteiger partial charge on any atom is -0.491 e. The second-order valence-electron chi connectivity index (χ2n) is 8.81. The van der Waals surface area contributed by atoms with Crippen LogP contribution in [0.4, 0.5) is 5.69 Å². The molecule has 5 nitrogen and oxygen atoms in total. The van der Waals surface area contributed by atoms with Gasteiger partial charge in [-0.15, -0.1) is 0 Å². The molecule has 0 saturated carbocycles. The number of halogens is 1. The summed E-state index contributed by atoms with van der Waals surface area (Å²) in [6.07, 6.45) is 0.671. The zero-order valence-electron chi connectivity index (χ0n) is 19.7. The fourth-order valence-electron chi connectivity index (χ4n) is 4.08. The minimum atomic E-state index is -0.186. The number of carbonyl (C=O) groups excluding carboxylic acids is 1. The Kier molecular flexibility index (Phi) is 8.22. The zero-order chi connectivity index (χ0) is 23.9. The number of rotatable bonds is 3. The van der Waals surface area contributed by atoms with E-state index in [9.17, 15) is 4.79 Å². The smallest absolute Gasteiger partial charge is 0.255 e. The van der Waals surface area contributed by atoms with Gasteiger partial charge in [0.15, 0.2) is 0 Å². The van der Waals surface area contributed by atoms with Gasteiger partial charge in [0.1, 0.15) is 12.4 Å². The number of hydrogen-bond donors (Lipinski definition) is 1. The fraction of sp³-hybridized carbons (Fsp3) is 0.321. The molecule has 1 amide bonds. The van der Waals surface area contributed by atoms with E-state index in [-0.39, 0.29) is 5.91 Å². The number of ether oxygens (including phenoxy) is 2. The Morgan fingerprint density at radius 1 is 0.971 bits per heavy atom. The Bertz CT molecular complexity index is 1130. The van der Waals surface area contributed by atoms with Gasteiger partial charge in [-0.05, 0) is 66.9 Å². The molecular weight excluding hydrogens is 448 g/mol. The van der Waals surface area contributed by atoms with Crippen molar-refractivity contribution in [3.63, 3.8) is 0 Å². The number of hydrogen-bond acceptors (Lipinski definition) is 4. The van der Waals surface area contributed by atoms with E-state index in [1.165, 1.54) is 11.1 Å². The van der Waals surface area contributed by atoms with Gasteiger partial charge in [-0.25, -0.2) is 0 Å². The van der Waals surface area contributed by atoms with E-state index in [0.717, 1.165) is 24.4 Å². The van der Waals surface area contributed by atoms with Crippen LogP contribution in [0.2, 0.25) is 5.02 Å². The van der Waals surface area contributed by atoms with Gasteiger partial charge in [0.05, 0.1) is 13.2 Å². The maximum Gasteiger partial charge on any atom is 0.255 e. The molecule has 0 unspecified atom stereocenters. The van der Waals surface area contributed by atoms with Gasteiger partial charge in [0.25, 0.3) is 5.91 Å². The van der Waals surface area contributed by atoms with E-state index in [0.29, 0.717) is 48.6 Å². The van der Waals surface area contributed by atoms with Gasteiger partial charge in [-0.2, -0.15) is 0 Å². The molecule has 0 radical (unpaired) electrons. The standard InChI is InChI=1S/C28H31ClN2O3/c1-20(2)31-11-12-33-13-14-34-27-10-9-23(28(32)30-26-8-4-7-25(29)18-26)17-24(27)16-21-5-3-6-22(15-21)19-31/h3-10,15,17-18,20H,11-14,16,19H2,1-2H3,(H,30,32). The van der Waals surface area contributed by atoms with E-state index in [2.05, 4.69) is 48.3 Å². The average Bonchev–Trinajstić information content (AvgIpc) is 2.81. The average molecular weight is 479 g/mol. The minimum absolute atomic E-state index is 0.186. The van der Waals surface area contributed by atoms with E-state index < -0.39 is 0 Å². The number of nitrogens with one attached hydrogen (secondary N) is 1. The number of carbonyl (C=O) groups is 1. The van der Waals surface area contributed by atoms with Crippen molar-refractivity contribution in [2.45, 2.75) is 32.9 Å². The topological polar surface area (TPSA) is 50.8 Å². The summed E-state index contributed by atoms with van der Waals surface area (Å²) < 4.78 is 11.9. The first-order chi connectivity index (χ1) is 16.5. The van der Waals surface area contributed by atoms with Crippen molar-refractivity contribution in [3.05, 3.63) is 94.0 Å². The zero-order valence-corrected chi connectivity index (χ0v) is 20.5. The van der Waals surface area contributed by atoms with Crippen molar-refractivity contribution in [2.24, 2.45) is 0 Å². The van der Waals surface area contributed by atoms with Crippen LogP contribution < -0.4 is 10.1 Å². The van der Waals surface area contributed by atoms with Crippen molar-refractivity contribution in [2.75, 3.05) is 31.7 Å². The van der Waals surface area contributed by atoms with E-state index in [1.807, 2.05) is 24.3 Å². The molecule has 0 aromatic heterocycles. The van der Waals surface area contributed by atoms with Gasteiger partial charge in [-0.1, -0.05) is 41.9 Å². The molecule has 1 N–H and O–H groups in total. The van der Waals surface area contributed by atoms with Crippen molar-refractivity contribution in [1.29, 1.82) is 0 Å². The molecule has 1 aliphatic heterocycles. The summed E-state index contributed by atoms with van der Waals surface area (Å²) >= 11 is 6.06. The van der Waals surface area contributed by atoms with Crippen molar-refractivity contribution in [1.82, 2.24) is 4.90 Å². The first-order valence-electron chi connectivity index (χ1n) is 11.7. The number of benzene rings is 3. The van der Waals surface area contributed by atoms with E-state index in [1.54, 1.807) is 18.2 Å². The molecule has 2 bridgehead atoms. The Morgan fingerprint density at radius 3 is 2.62 bits per heavy atom. The molecule has 1 heterocycles. The van der Waals surface area contributed by atoms with Crippen LogP contribution in [0.3, 0.4) is 0 Å². The van der Waals surface area contributed by atoms with E-state index in [4.69, 9.17) is 21.1 Å². The number of anilines is 1. The summed E-state index contributed by atoms with van der Waals surface area (Å²) in [4.78, 5) is 15.3. The number of fused-ring (bicyclic) bond motifs is 3. The summed E-state index contributed by atoms with van der Waals surface area (Å²) in [7, 11) is 0. The lowest BCUT2D eigenvalue weighted by atomic mass is 9.99. The molecule has 0 saturated heterocycles. The molecule has 0 fully saturated rings. The van der Waals surface area contributed by atoms with Gasteiger partial charge in [0, 0.05) is 41.8 Å². The van der Waals surface area contributed by atoms with Crippen LogP contribution in [-0.4, -0.2) is 43.2 Å². The quantitative estimate of drug-likeness (QED) is 0.516. The Morgan fingerprint density at radius 2 is 1.79 bits per heavy atom. The van der Waals surface area contributed by atoms with Crippen LogP contribution >= 0.6 is 11.6 Å². The molecule has 3 aromatic rings. The number of amides is 1. The number of nitrogens with zero attached hydrogens (tertiary/aromatic N) is 1. The van der Waals surface area contributed by atoms with Gasteiger partial charge >= 0.3 is 0 Å². The van der Waals surface area contributed by atoms with Gasteiger partial charge in [0.2, 0.25) is 0 Å². The SMILES string of the molecule is CC(C)N1CCOCCOc2ccc(C(=O)Nc3cccc(Cl)c3)cc2Cc2cccc(c2)C1. The van der Waals surface area contributed by atoms with Crippen LogP contribution in [0.25, 0.3) is 0 Å². The Hall–Kier alpha value is -2.86. The van der Waals surface area contributed by atoms with Crippen molar-refractivity contribution >= 4 is 23.2 Å². The summed E-state index contributed by atoms with van der Waals surface area (Å²) in [6, 6.07) is 21.8. The molecule has 0 atom stereocenters. The van der Waals surface area contributed by atoms with Crippen LogP contribution in [-0.2, 0) is 17.7 Å². The fourth-order valence-corrected chi connectivity index (χ4v) is 4.27. The highest BCUT2D eigenvalue weighted by Crippen LogP contribution is 2.25. The molecule has 6 heteroatoms. The molecule has 0 aliphatic carbocycles. The Balaban J connectivity index is 1.60. The van der Waals surface area contributed by atoms with Gasteiger partial charge < -0.3 is 14.8 Å². The predicted molar refractivity (Wildman–Crippen MR) is 137 cm³/mol. The third kappa shape index (κ3) is 6.60. The second kappa shape index (κ2) is 11.5. The normalized spacial score (nSPS) is 15.2. The molecule has 178 valence electrons. The Labute approximate surface area is 206 Å². The highest BCUT2D eigenvalue weighted by molar-refractivity contribution is 6.31. The lowest BCUT2D eigenvalue weighted by molar-refractivity contribution is 0.0695. The highest BCUT2D eigenvalue weighted by Gasteiger charge is 2.15. The van der Waals surface area contributed by atoms with Crippen LogP contribution in [0, 0.1) is 0 Å². The molecule has 3 aromatic carbocycles. The lowest BCUT2D eigenvalue weighted by Gasteiger charge is -2.27. The molecule has 4 rings (SSSR count).